The number of aliphatic hydroxyl groups excluding tert-OH is 1. The Morgan fingerprint density at radius 2 is 2.27 bits per heavy atom. The molecule has 0 rings (SSSR count). The average molecular weight is 159 g/mol. The van der Waals surface area contributed by atoms with E-state index in [1.807, 2.05) is 13.8 Å². The van der Waals surface area contributed by atoms with Crippen molar-refractivity contribution in [3.05, 3.63) is 0 Å². The normalized spacial score (nSPS) is 12.2. The minimum atomic E-state index is 0.165. The number of rotatable bonds is 4. The van der Waals surface area contributed by atoms with E-state index in [4.69, 9.17) is 10.8 Å². The summed E-state index contributed by atoms with van der Waals surface area (Å²) < 4.78 is 0. The molecule has 4 N–H and O–H groups in total. The van der Waals surface area contributed by atoms with Gasteiger partial charge in [-0.3, -0.25) is 4.99 Å². The van der Waals surface area contributed by atoms with Crippen LogP contribution in [-0.2, 0) is 0 Å². The van der Waals surface area contributed by atoms with Crippen molar-refractivity contribution in [1.29, 1.82) is 0 Å². The summed E-state index contributed by atoms with van der Waals surface area (Å²) in [7, 11) is 0. The minimum Gasteiger partial charge on any atom is -0.396 e. The van der Waals surface area contributed by atoms with Crippen molar-refractivity contribution in [3.8, 4) is 0 Å². The van der Waals surface area contributed by atoms with Crippen molar-refractivity contribution in [2.24, 2.45) is 10.7 Å². The van der Waals surface area contributed by atoms with Crippen LogP contribution in [0.1, 0.15) is 20.3 Å². The van der Waals surface area contributed by atoms with Crippen molar-refractivity contribution in [2.45, 2.75) is 26.3 Å². The third kappa shape index (κ3) is 7.12. The van der Waals surface area contributed by atoms with Crippen LogP contribution in [-0.4, -0.2) is 30.3 Å². The zero-order valence-electron chi connectivity index (χ0n) is 7.17. The summed E-state index contributed by atoms with van der Waals surface area (Å²) in [4.78, 5) is 3.98. The highest BCUT2D eigenvalue weighted by atomic mass is 16.3. The van der Waals surface area contributed by atoms with Gasteiger partial charge in [-0.15, -0.1) is 0 Å². The predicted molar refractivity (Wildman–Crippen MR) is 46.5 cm³/mol. The Morgan fingerprint density at radius 3 is 2.73 bits per heavy atom. The summed E-state index contributed by atoms with van der Waals surface area (Å²) in [5.41, 5.74) is 5.47. The number of hydrogen-bond donors (Lipinski definition) is 3. The molecule has 0 spiro atoms. The molecule has 0 aliphatic heterocycles. The van der Waals surface area contributed by atoms with Crippen molar-refractivity contribution in [2.75, 3.05) is 13.2 Å². The number of guanidine groups is 1. The summed E-state index contributed by atoms with van der Waals surface area (Å²) in [6, 6.07) is 0.313. The number of aliphatic imine (C=N–C) groups is 1. The lowest BCUT2D eigenvalue weighted by Gasteiger charge is -2.07. The van der Waals surface area contributed by atoms with E-state index in [0.29, 0.717) is 25.0 Å². The molecule has 0 heterocycles. The number of aliphatic hydroxyl groups is 1. The average Bonchev–Trinajstić information content (AvgIpc) is 1.86. The molecule has 0 aliphatic rings. The Morgan fingerprint density at radius 1 is 1.64 bits per heavy atom. The molecule has 0 amide bonds. The van der Waals surface area contributed by atoms with E-state index in [2.05, 4.69) is 10.3 Å². The monoisotopic (exact) mass is 159 g/mol. The van der Waals surface area contributed by atoms with Crippen molar-refractivity contribution in [3.63, 3.8) is 0 Å². The predicted octanol–water partition coefficient (Wildman–Crippen LogP) is -0.318. The van der Waals surface area contributed by atoms with Gasteiger partial charge in [0.1, 0.15) is 0 Å². The van der Waals surface area contributed by atoms with E-state index in [1.165, 1.54) is 0 Å². The number of nitrogens with zero attached hydrogens (tertiary/aromatic N) is 1. The van der Waals surface area contributed by atoms with Crippen LogP contribution in [0.5, 0.6) is 0 Å². The maximum atomic E-state index is 8.43. The molecule has 0 aromatic carbocycles. The van der Waals surface area contributed by atoms with Crippen molar-refractivity contribution < 1.29 is 5.11 Å². The number of hydrogen-bond acceptors (Lipinski definition) is 2. The van der Waals surface area contributed by atoms with Gasteiger partial charge in [-0.2, -0.15) is 0 Å². The van der Waals surface area contributed by atoms with E-state index in [9.17, 15) is 0 Å². The first-order valence-electron chi connectivity index (χ1n) is 3.84. The van der Waals surface area contributed by atoms with Gasteiger partial charge in [0.2, 0.25) is 0 Å². The van der Waals surface area contributed by atoms with Gasteiger partial charge >= 0.3 is 0 Å². The van der Waals surface area contributed by atoms with Gasteiger partial charge in [0, 0.05) is 19.2 Å². The molecule has 4 nitrogen and oxygen atoms in total. The molecule has 0 aromatic heterocycles. The Bertz CT molecular complexity index is 123. The van der Waals surface area contributed by atoms with E-state index >= 15 is 0 Å². The SMILES string of the molecule is CC(C)NC(N)=NCCCO. The Hall–Kier alpha value is -0.770. The Kier molecular flexibility index (Phi) is 5.56. The van der Waals surface area contributed by atoms with Crippen LogP contribution < -0.4 is 11.1 Å². The highest BCUT2D eigenvalue weighted by Gasteiger charge is 1.92. The molecule has 0 unspecified atom stereocenters. The van der Waals surface area contributed by atoms with Crippen LogP contribution in [0.4, 0.5) is 0 Å². The topological polar surface area (TPSA) is 70.6 Å². The maximum absolute atomic E-state index is 8.43. The molecule has 0 atom stereocenters. The van der Waals surface area contributed by atoms with Gasteiger partial charge in [0.25, 0.3) is 0 Å². The molecule has 0 aromatic rings. The maximum Gasteiger partial charge on any atom is 0.188 e. The third-order valence-electron chi connectivity index (χ3n) is 1.03. The second-order valence-corrected chi connectivity index (χ2v) is 2.64. The molecule has 0 bridgehead atoms. The summed E-state index contributed by atoms with van der Waals surface area (Å²) in [6.45, 7) is 4.74. The second-order valence-electron chi connectivity index (χ2n) is 2.64. The first-order chi connectivity index (χ1) is 5.16. The standard InChI is InChI=1S/C7H17N3O/c1-6(2)10-7(8)9-4-3-5-11/h6,11H,3-5H2,1-2H3,(H3,8,9,10). The zero-order valence-corrected chi connectivity index (χ0v) is 7.17. The molecule has 66 valence electrons. The molecule has 0 radical (unpaired) electrons. The number of nitrogens with two attached hydrogens (primary N) is 1. The van der Waals surface area contributed by atoms with Crippen LogP contribution >= 0.6 is 0 Å². The third-order valence-corrected chi connectivity index (χ3v) is 1.03. The fourth-order valence-electron chi connectivity index (χ4n) is 0.612. The van der Waals surface area contributed by atoms with Crippen molar-refractivity contribution >= 4 is 5.96 Å². The molecule has 0 fully saturated rings. The van der Waals surface area contributed by atoms with Gasteiger partial charge in [-0.25, -0.2) is 0 Å². The molecule has 0 saturated heterocycles. The highest BCUT2D eigenvalue weighted by Crippen LogP contribution is 1.79. The van der Waals surface area contributed by atoms with Crippen LogP contribution in [0.25, 0.3) is 0 Å². The quantitative estimate of drug-likeness (QED) is 0.299. The lowest BCUT2D eigenvalue weighted by Crippen LogP contribution is -2.36. The first-order valence-corrected chi connectivity index (χ1v) is 3.84. The summed E-state index contributed by atoms with van der Waals surface area (Å²) in [5, 5.41) is 11.4. The van der Waals surface area contributed by atoms with Crippen LogP contribution in [0.15, 0.2) is 4.99 Å². The summed E-state index contributed by atoms with van der Waals surface area (Å²) >= 11 is 0. The molecule has 0 saturated carbocycles. The van der Waals surface area contributed by atoms with Crippen LogP contribution in [0, 0.1) is 0 Å². The van der Waals surface area contributed by atoms with Gasteiger partial charge in [-0.05, 0) is 20.3 Å². The summed E-state index contributed by atoms with van der Waals surface area (Å²) in [6.07, 6.45) is 0.667. The smallest absolute Gasteiger partial charge is 0.188 e. The zero-order chi connectivity index (χ0) is 8.69. The Balaban J connectivity index is 3.46. The molecule has 0 aliphatic carbocycles. The summed E-state index contributed by atoms with van der Waals surface area (Å²) in [5.74, 6) is 0.452. The van der Waals surface area contributed by atoms with Crippen molar-refractivity contribution in [1.82, 2.24) is 5.32 Å². The van der Waals surface area contributed by atoms with E-state index in [0.717, 1.165) is 0 Å². The van der Waals surface area contributed by atoms with E-state index < -0.39 is 0 Å². The molecule has 4 heteroatoms. The van der Waals surface area contributed by atoms with Gasteiger partial charge in [-0.1, -0.05) is 0 Å². The largest absolute Gasteiger partial charge is 0.396 e. The molecular formula is C7H17N3O. The van der Waals surface area contributed by atoms with Crippen LogP contribution in [0.2, 0.25) is 0 Å². The lowest BCUT2D eigenvalue weighted by molar-refractivity contribution is 0.291. The highest BCUT2D eigenvalue weighted by molar-refractivity contribution is 5.77. The first kappa shape index (κ1) is 10.2. The van der Waals surface area contributed by atoms with Gasteiger partial charge in [0.05, 0.1) is 0 Å². The number of nitrogens with one attached hydrogen (secondary N) is 1. The molecular weight excluding hydrogens is 142 g/mol. The lowest BCUT2D eigenvalue weighted by atomic mass is 10.4. The fourth-order valence-corrected chi connectivity index (χ4v) is 0.612. The fraction of sp³-hybridized carbons (Fsp3) is 0.857. The second kappa shape index (κ2) is 5.97. The van der Waals surface area contributed by atoms with E-state index in [-0.39, 0.29) is 6.61 Å². The van der Waals surface area contributed by atoms with Crippen LogP contribution in [0.3, 0.4) is 0 Å². The van der Waals surface area contributed by atoms with E-state index in [1.54, 1.807) is 0 Å². The Labute approximate surface area is 67.5 Å². The molecule has 11 heavy (non-hydrogen) atoms. The minimum absolute atomic E-state index is 0.165. The van der Waals surface area contributed by atoms with Gasteiger partial charge in [0.15, 0.2) is 5.96 Å². The van der Waals surface area contributed by atoms with Gasteiger partial charge < -0.3 is 16.2 Å².